The predicted octanol–water partition coefficient (Wildman–Crippen LogP) is 5.32. The van der Waals surface area contributed by atoms with Gasteiger partial charge in [0, 0.05) is 18.3 Å². The Hall–Kier alpha value is -3.39. The summed E-state index contributed by atoms with van der Waals surface area (Å²) >= 11 is 13.6. The van der Waals surface area contributed by atoms with Crippen LogP contribution in [0.2, 0.25) is 10.0 Å². The molecule has 9 nitrogen and oxygen atoms in total. The van der Waals surface area contributed by atoms with Crippen LogP contribution in [-0.4, -0.2) is 48.7 Å². The number of hydrogen-bond donors (Lipinski definition) is 3. The number of aryl methyl sites for hydroxylation is 1. The average Bonchev–Trinajstić information content (AvgIpc) is 3.36. The highest BCUT2D eigenvalue weighted by molar-refractivity contribution is 7.87. The third-order valence-electron chi connectivity index (χ3n) is 6.99. The third-order valence-corrected chi connectivity index (χ3v) is 10.5. The van der Waals surface area contributed by atoms with Crippen molar-refractivity contribution in [3.05, 3.63) is 105 Å². The molecule has 2 amide bonds. The molecule has 43 heavy (non-hydrogen) atoms. The zero-order chi connectivity index (χ0) is 30.9. The number of carbonyl (C=O) groups is 2. The molecule has 5 rings (SSSR count). The molecule has 14 heteroatoms. The van der Waals surface area contributed by atoms with Gasteiger partial charge in [-0.1, -0.05) is 71.7 Å². The molecule has 3 atom stereocenters. The van der Waals surface area contributed by atoms with Crippen LogP contribution in [0.1, 0.15) is 28.6 Å². The van der Waals surface area contributed by atoms with E-state index in [1.807, 2.05) is 55.5 Å². The number of likely N-dealkylation sites (N-methyl/N-ethyl adjacent to an activating group) is 1. The van der Waals surface area contributed by atoms with Crippen molar-refractivity contribution < 1.29 is 22.4 Å². The van der Waals surface area contributed by atoms with E-state index in [1.54, 1.807) is 6.07 Å². The Morgan fingerprint density at radius 2 is 1.74 bits per heavy atom. The Morgan fingerprint density at radius 3 is 2.44 bits per heavy atom. The lowest BCUT2D eigenvalue weighted by Crippen LogP contribution is -2.62. The van der Waals surface area contributed by atoms with E-state index >= 15 is 0 Å². The Morgan fingerprint density at radius 1 is 1.05 bits per heavy atom. The van der Waals surface area contributed by atoms with E-state index in [0.717, 1.165) is 26.4 Å². The molecular weight excluding hydrogens is 636 g/mol. The fourth-order valence-electron chi connectivity index (χ4n) is 4.70. The molecule has 3 unspecified atom stereocenters. The van der Waals surface area contributed by atoms with E-state index in [9.17, 15) is 22.4 Å². The van der Waals surface area contributed by atoms with Crippen LogP contribution in [0.15, 0.2) is 72.8 Å². The van der Waals surface area contributed by atoms with Crippen molar-refractivity contribution in [1.29, 1.82) is 0 Å². The first-order valence-electron chi connectivity index (χ1n) is 13.0. The van der Waals surface area contributed by atoms with Gasteiger partial charge in [0.25, 0.3) is 10.2 Å². The third kappa shape index (κ3) is 6.74. The van der Waals surface area contributed by atoms with E-state index in [0.29, 0.717) is 15.7 Å². The Bertz CT molecular complexity index is 1790. The van der Waals surface area contributed by atoms with Crippen molar-refractivity contribution in [2.24, 2.45) is 0 Å². The number of aromatic nitrogens is 1. The highest BCUT2D eigenvalue weighted by Gasteiger charge is 2.43. The summed E-state index contributed by atoms with van der Waals surface area (Å²) in [7, 11) is -2.98. The predicted molar refractivity (Wildman–Crippen MR) is 166 cm³/mol. The first kappa shape index (κ1) is 31.0. The van der Waals surface area contributed by atoms with Gasteiger partial charge in [-0.15, -0.1) is 11.3 Å². The van der Waals surface area contributed by atoms with Crippen molar-refractivity contribution in [2.75, 3.05) is 12.4 Å². The number of hydrogen-bond acceptors (Lipinski definition) is 6. The molecule has 224 valence electrons. The topological polar surface area (TPSA) is 120 Å². The molecule has 0 aliphatic carbocycles. The van der Waals surface area contributed by atoms with Gasteiger partial charge in [-0.2, -0.15) is 17.4 Å². The second-order valence-electron chi connectivity index (χ2n) is 9.86. The fourth-order valence-corrected chi connectivity index (χ4v) is 7.59. The Kier molecular flexibility index (Phi) is 9.16. The SMILES string of the molecule is Cc1nc(-c2ccccc2Cl)sc1C(NC(=O)C1CC(C(=O)Nc2ccc(F)c(Cl)c2)N(C)S(=O)(=O)N1)c1ccccc1. The first-order chi connectivity index (χ1) is 20.4. The van der Waals surface area contributed by atoms with Crippen molar-refractivity contribution in [1.82, 2.24) is 19.3 Å². The summed E-state index contributed by atoms with van der Waals surface area (Å²) in [6, 6.07) is 17.0. The summed E-state index contributed by atoms with van der Waals surface area (Å²) in [5.41, 5.74) is 2.36. The van der Waals surface area contributed by atoms with Gasteiger partial charge < -0.3 is 10.6 Å². The quantitative estimate of drug-likeness (QED) is 0.248. The number of thiazole rings is 1. The zero-order valence-corrected chi connectivity index (χ0v) is 26.0. The van der Waals surface area contributed by atoms with Gasteiger partial charge in [-0.3, -0.25) is 9.59 Å². The summed E-state index contributed by atoms with van der Waals surface area (Å²) in [6.07, 6.45) is -0.170. The van der Waals surface area contributed by atoms with Gasteiger partial charge in [0.15, 0.2) is 0 Å². The minimum atomic E-state index is -4.22. The Balaban J connectivity index is 1.42. The number of halogens is 3. The van der Waals surface area contributed by atoms with E-state index in [1.165, 1.54) is 30.5 Å². The van der Waals surface area contributed by atoms with Crippen LogP contribution in [0.4, 0.5) is 10.1 Å². The van der Waals surface area contributed by atoms with Crippen LogP contribution >= 0.6 is 34.5 Å². The second kappa shape index (κ2) is 12.7. The van der Waals surface area contributed by atoms with Crippen molar-refractivity contribution in [3.63, 3.8) is 0 Å². The molecule has 0 radical (unpaired) electrons. The van der Waals surface area contributed by atoms with Crippen LogP contribution < -0.4 is 15.4 Å². The average molecular weight is 663 g/mol. The number of amides is 2. The summed E-state index contributed by atoms with van der Waals surface area (Å²) < 4.78 is 42.8. The van der Waals surface area contributed by atoms with Crippen LogP contribution in [-0.2, 0) is 19.8 Å². The van der Waals surface area contributed by atoms with E-state index < -0.39 is 46.0 Å². The number of rotatable bonds is 7. The molecule has 0 bridgehead atoms. The molecule has 4 aromatic rings. The number of carbonyl (C=O) groups excluding carboxylic acids is 2. The number of benzene rings is 3. The van der Waals surface area contributed by atoms with Crippen LogP contribution in [0, 0.1) is 12.7 Å². The lowest BCUT2D eigenvalue weighted by molar-refractivity contribution is -0.125. The van der Waals surface area contributed by atoms with Crippen LogP contribution in [0.25, 0.3) is 10.6 Å². The number of nitrogens with zero attached hydrogens (tertiary/aromatic N) is 2. The summed E-state index contributed by atoms with van der Waals surface area (Å²) in [6.45, 7) is 1.83. The normalized spacial score (nSPS) is 19.0. The van der Waals surface area contributed by atoms with Gasteiger partial charge in [0.05, 0.1) is 26.7 Å². The monoisotopic (exact) mass is 661 g/mol. The van der Waals surface area contributed by atoms with Crippen molar-refractivity contribution in [3.8, 4) is 10.6 Å². The molecule has 1 fully saturated rings. The van der Waals surface area contributed by atoms with E-state index in [2.05, 4.69) is 15.4 Å². The number of nitrogens with one attached hydrogen (secondary N) is 3. The summed E-state index contributed by atoms with van der Waals surface area (Å²) in [5, 5.41) is 6.54. The molecular formula is C29H26Cl2FN5O4S2. The van der Waals surface area contributed by atoms with Gasteiger partial charge >= 0.3 is 0 Å². The van der Waals surface area contributed by atoms with Crippen molar-refractivity contribution in [2.45, 2.75) is 31.5 Å². The molecule has 1 aromatic heterocycles. The molecule has 0 spiro atoms. The Labute approximate surface area is 262 Å². The maximum absolute atomic E-state index is 13.7. The highest BCUT2D eigenvalue weighted by atomic mass is 35.5. The minimum absolute atomic E-state index is 0.170. The largest absolute Gasteiger partial charge is 0.343 e. The highest BCUT2D eigenvalue weighted by Crippen LogP contribution is 2.37. The van der Waals surface area contributed by atoms with Gasteiger partial charge in [0.1, 0.15) is 22.9 Å². The molecule has 3 aromatic carbocycles. The van der Waals surface area contributed by atoms with E-state index in [4.69, 9.17) is 28.2 Å². The lowest BCUT2D eigenvalue weighted by atomic mass is 10.0. The van der Waals surface area contributed by atoms with Crippen LogP contribution in [0.5, 0.6) is 0 Å². The lowest BCUT2D eigenvalue weighted by Gasteiger charge is -2.36. The maximum atomic E-state index is 13.7. The minimum Gasteiger partial charge on any atom is -0.343 e. The maximum Gasteiger partial charge on any atom is 0.280 e. The molecule has 1 saturated heterocycles. The van der Waals surface area contributed by atoms with E-state index in [-0.39, 0.29) is 17.1 Å². The second-order valence-corrected chi connectivity index (χ2v) is 13.5. The molecule has 1 aliphatic rings. The fraction of sp³-hybridized carbons (Fsp3) is 0.207. The summed E-state index contributed by atoms with van der Waals surface area (Å²) in [5.74, 6) is -1.99. The number of anilines is 1. The molecule has 2 heterocycles. The van der Waals surface area contributed by atoms with Gasteiger partial charge in [0.2, 0.25) is 11.8 Å². The molecule has 1 aliphatic heterocycles. The zero-order valence-electron chi connectivity index (χ0n) is 22.8. The van der Waals surface area contributed by atoms with Crippen molar-refractivity contribution >= 4 is 62.2 Å². The smallest absolute Gasteiger partial charge is 0.280 e. The van der Waals surface area contributed by atoms with Gasteiger partial charge in [-0.25, -0.2) is 9.37 Å². The van der Waals surface area contributed by atoms with Crippen LogP contribution in [0.3, 0.4) is 0 Å². The van der Waals surface area contributed by atoms with Gasteiger partial charge in [-0.05, 0) is 43.2 Å². The summed E-state index contributed by atoms with van der Waals surface area (Å²) in [4.78, 5) is 32.3. The molecule has 3 N–H and O–H groups in total. The standard InChI is InChI=1S/C29H26Cl2FN5O4S2/c1-16-26(42-29(33-16)19-10-6-7-11-20(19)30)25(17-8-4-3-5-9-17)35-27(38)23-15-24(37(2)43(40,41)36-23)28(39)34-18-12-13-22(32)21(31)14-18/h3-14,23-25,36H,15H2,1-2H3,(H,34,39)(H,35,38). The molecule has 0 saturated carbocycles. The first-order valence-corrected chi connectivity index (χ1v) is 16.0.